The molecule has 1 aromatic carbocycles. The van der Waals surface area contributed by atoms with Crippen molar-refractivity contribution in [1.82, 2.24) is 19.9 Å². The van der Waals surface area contributed by atoms with Crippen LogP contribution in [0.4, 0.5) is 0 Å². The summed E-state index contributed by atoms with van der Waals surface area (Å²) in [7, 11) is 3.25. The quantitative estimate of drug-likeness (QED) is 0.806. The van der Waals surface area contributed by atoms with Crippen LogP contribution < -0.4 is 9.47 Å². The van der Waals surface area contributed by atoms with Crippen LogP contribution in [0.5, 0.6) is 11.5 Å². The first-order valence-electron chi connectivity index (χ1n) is 8.05. The fraction of sp³-hybridized carbons (Fsp3) is 0.471. The summed E-state index contributed by atoms with van der Waals surface area (Å²) in [6.07, 6.45) is 5.55. The van der Waals surface area contributed by atoms with E-state index < -0.39 is 0 Å². The lowest BCUT2D eigenvalue weighted by atomic mass is 10.1. The number of rotatable bonds is 6. The number of benzene rings is 1. The monoisotopic (exact) mass is 330 g/mol. The van der Waals surface area contributed by atoms with E-state index >= 15 is 0 Å². The summed E-state index contributed by atoms with van der Waals surface area (Å²) >= 11 is 0. The van der Waals surface area contributed by atoms with Gasteiger partial charge in [-0.25, -0.2) is 4.68 Å². The molecule has 0 N–H and O–H groups in total. The zero-order valence-corrected chi connectivity index (χ0v) is 14.0. The molecule has 7 heteroatoms. The van der Waals surface area contributed by atoms with Gasteiger partial charge in [0.05, 0.1) is 26.5 Å². The van der Waals surface area contributed by atoms with Crippen LogP contribution in [0.15, 0.2) is 30.6 Å². The van der Waals surface area contributed by atoms with E-state index in [0.717, 1.165) is 30.0 Å². The minimum atomic E-state index is 0.162. The smallest absolute Gasteiger partial charge is 0.222 e. The molecule has 0 spiro atoms. The van der Waals surface area contributed by atoms with E-state index in [0.29, 0.717) is 19.4 Å². The molecule has 1 aromatic heterocycles. The Kier molecular flexibility index (Phi) is 4.98. The molecule has 1 aliphatic heterocycles. The molecule has 3 rings (SSSR count). The van der Waals surface area contributed by atoms with Crippen molar-refractivity contribution in [2.24, 2.45) is 0 Å². The van der Waals surface area contributed by atoms with Crippen LogP contribution >= 0.6 is 0 Å². The zero-order chi connectivity index (χ0) is 16.9. The maximum absolute atomic E-state index is 12.5. The number of aryl methyl sites for hydroxylation is 1. The number of hydrogen-bond donors (Lipinski definition) is 0. The molecule has 0 saturated carbocycles. The molecule has 1 atom stereocenters. The number of carbonyl (C=O) groups is 1. The van der Waals surface area contributed by atoms with Gasteiger partial charge in [-0.15, -0.1) is 5.10 Å². The third-order valence-corrected chi connectivity index (χ3v) is 4.43. The van der Waals surface area contributed by atoms with Crippen LogP contribution in [0.2, 0.25) is 0 Å². The fourth-order valence-corrected chi connectivity index (χ4v) is 3.05. The molecule has 1 fully saturated rings. The summed E-state index contributed by atoms with van der Waals surface area (Å²) in [6, 6.07) is 5.91. The summed E-state index contributed by atoms with van der Waals surface area (Å²) < 4.78 is 12.4. The SMILES string of the molecule is COc1ccc(CCC(=O)N2CCC(n3ccnn3)C2)c(OC)c1. The molecule has 1 amide bonds. The van der Waals surface area contributed by atoms with Gasteiger partial charge in [0.2, 0.25) is 5.91 Å². The van der Waals surface area contributed by atoms with Crippen molar-refractivity contribution >= 4 is 5.91 Å². The van der Waals surface area contributed by atoms with Crippen LogP contribution in [-0.4, -0.2) is 53.1 Å². The van der Waals surface area contributed by atoms with Crippen molar-refractivity contribution < 1.29 is 14.3 Å². The first-order valence-corrected chi connectivity index (χ1v) is 8.05. The Hall–Kier alpha value is -2.57. The van der Waals surface area contributed by atoms with Crippen molar-refractivity contribution in [1.29, 1.82) is 0 Å². The molecule has 2 aromatic rings. The summed E-state index contributed by atoms with van der Waals surface area (Å²) in [5, 5.41) is 7.86. The first-order chi connectivity index (χ1) is 11.7. The molecular formula is C17H22N4O3. The van der Waals surface area contributed by atoms with E-state index in [9.17, 15) is 4.79 Å². The van der Waals surface area contributed by atoms with Crippen LogP contribution in [-0.2, 0) is 11.2 Å². The molecule has 24 heavy (non-hydrogen) atoms. The predicted octanol–water partition coefficient (Wildman–Crippen LogP) is 1.70. The first kappa shape index (κ1) is 16.3. The van der Waals surface area contributed by atoms with E-state index in [1.54, 1.807) is 20.4 Å². The normalized spacial score (nSPS) is 17.1. The summed E-state index contributed by atoms with van der Waals surface area (Å²) in [6.45, 7) is 1.46. The predicted molar refractivity (Wildman–Crippen MR) is 88.1 cm³/mol. The van der Waals surface area contributed by atoms with Gasteiger partial charge in [-0.1, -0.05) is 11.3 Å². The average molecular weight is 330 g/mol. The van der Waals surface area contributed by atoms with Gasteiger partial charge in [0, 0.05) is 31.8 Å². The Balaban J connectivity index is 1.56. The highest BCUT2D eigenvalue weighted by Gasteiger charge is 2.27. The molecule has 1 unspecified atom stereocenters. The minimum Gasteiger partial charge on any atom is -0.497 e. The van der Waals surface area contributed by atoms with Gasteiger partial charge < -0.3 is 14.4 Å². The number of ether oxygens (including phenoxy) is 2. The largest absolute Gasteiger partial charge is 0.497 e. The summed E-state index contributed by atoms with van der Waals surface area (Å²) in [4.78, 5) is 14.4. The molecule has 128 valence electrons. The number of methoxy groups -OCH3 is 2. The minimum absolute atomic E-state index is 0.162. The molecular weight excluding hydrogens is 308 g/mol. The lowest BCUT2D eigenvalue weighted by Crippen LogP contribution is -2.29. The maximum Gasteiger partial charge on any atom is 0.222 e. The molecule has 0 aliphatic carbocycles. The highest BCUT2D eigenvalue weighted by molar-refractivity contribution is 5.77. The second kappa shape index (κ2) is 7.33. The summed E-state index contributed by atoms with van der Waals surface area (Å²) in [5.41, 5.74) is 1.01. The van der Waals surface area contributed by atoms with E-state index in [4.69, 9.17) is 9.47 Å². The van der Waals surface area contributed by atoms with Crippen molar-refractivity contribution in [3.05, 3.63) is 36.2 Å². The van der Waals surface area contributed by atoms with Gasteiger partial charge in [0.1, 0.15) is 11.5 Å². The van der Waals surface area contributed by atoms with Crippen LogP contribution in [0.3, 0.4) is 0 Å². The van der Waals surface area contributed by atoms with Gasteiger partial charge in [-0.2, -0.15) is 0 Å². The van der Waals surface area contributed by atoms with E-state index in [-0.39, 0.29) is 11.9 Å². The topological polar surface area (TPSA) is 69.5 Å². The number of amides is 1. The van der Waals surface area contributed by atoms with Gasteiger partial charge in [0.15, 0.2) is 0 Å². The second-order valence-corrected chi connectivity index (χ2v) is 5.84. The Bertz CT molecular complexity index is 687. The maximum atomic E-state index is 12.5. The van der Waals surface area contributed by atoms with Gasteiger partial charge in [-0.05, 0) is 24.5 Å². The number of aromatic nitrogens is 3. The molecule has 0 radical (unpaired) electrons. The van der Waals surface area contributed by atoms with E-state index in [2.05, 4.69) is 10.3 Å². The third-order valence-electron chi connectivity index (χ3n) is 4.43. The van der Waals surface area contributed by atoms with Crippen molar-refractivity contribution in [3.63, 3.8) is 0 Å². The Morgan fingerprint density at radius 3 is 2.92 bits per heavy atom. The van der Waals surface area contributed by atoms with E-state index in [1.807, 2.05) is 34.0 Å². The number of likely N-dealkylation sites (tertiary alicyclic amines) is 1. The number of carbonyl (C=O) groups excluding carboxylic acids is 1. The van der Waals surface area contributed by atoms with E-state index in [1.165, 1.54) is 0 Å². The average Bonchev–Trinajstić information content (AvgIpc) is 3.30. The lowest BCUT2D eigenvalue weighted by Gasteiger charge is -2.17. The third kappa shape index (κ3) is 3.50. The van der Waals surface area contributed by atoms with Gasteiger partial charge >= 0.3 is 0 Å². The van der Waals surface area contributed by atoms with Crippen LogP contribution in [0.25, 0.3) is 0 Å². The van der Waals surface area contributed by atoms with Crippen molar-refractivity contribution in [3.8, 4) is 11.5 Å². The molecule has 1 saturated heterocycles. The lowest BCUT2D eigenvalue weighted by molar-refractivity contribution is -0.130. The van der Waals surface area contributed by atoms with Gasteiger partial charge in [-0.3, -0.25) is 4.79 Å². The fourth-order valence-electron chi connectivity index (χ4n) is 3.05. The number of hydrogen-bond acceptors (Lipinski definition) is 5. The van der Waals surface area contributed by atoms with Crippen molar-refractivity contribution in [2.75, 3.05) is 27.3 Å². The standard InChI is InChI=1S/C17H22N4O3/c1-23-15-5-3-13(16(11-15)24-2)4-6-17(22)20-9-7-14(12-20)21-10-8-18-19-21/h3,5,8,10-11,14H,4,6-7,9,12H2,1-2H3. The zero-order valence-electron chi connectivity index (χ0n) is 14.0. The van der Waals surface area contributed by atoms with Crippen LogP contribution in [0.1, 0.15) is 24.4 Å². The van der Waals surface area contributed by atoms with Gasteiger partial charge in [0.25, 0.3) is 0 Å². The Morgan fingerprint density at radius 1 is 1.33 bits per heavy atom. The highest BCUT2D eigenvalue weighted by atomic mass is 16.5. The van der Waals surface area contributed by atoms with Crippen LogP contribution in [0, 0.1) is 0 Å². The Morgan fingerprint density at radius 2 is 2.21 bits per heavy atom. The molecule has 7 nitrogen and oxygen atoms in total. The summed E-state index contributed by atoms with van der Waals surface area (Å²) in [5.74, 6) is 1.66. The molecule has 2 heterocycles. The number of nitrogens with zero attached hydrogens (tertiary/aromatic N) is 4. The molecule has 0 bridgehead atoms. The Labute approximate surface area is 141 Å². The highest BCUT2D eigenvalue weighted by Crippen LogP contribution is 2.26. The van der Waals surface area contributed by atoms with Crippen molar-refractivity contribution in [2.45, 2.75) is 25.3 Å². The second-order valence-electron chi connectivity index (χ2n) is 5.84. The molecule has 1 aliphatic rings.